The Kier molecular flexibility index (Phi) is 3.40. The van der Waals surface area contributed by atoms with Crippen molar-refractivity contribution < 1.29 is 0 Å². The van der Waals surface area contributed by atoms with Crippen molar-refractivity contribution in [1.29, 1.82) is 0 Å². The third-order valence-electron chi connectivity index (χ3n) is 3.65. The third-order valence-corrected chi connectivity index (χ3v) is 3.65. The Bertz CT molecular complexity index is 324. The lowest BCUT2D eigenvalue weighted by atomic mass is 9.85. The van der Waals surface area contributed by atoms with Crippen molar-refractivity contribution in [3.8, 4) is 0 Å². The fraction of sp³-hybridized carbons (Fsp3) is 0.643. The molecule has 0 spiro atoms. The Balaban J connectivity index is 2.00. The smallest absolute Gasteiger partial charge is 0.0401 e. The predicted molar refractivity (Wildman–Crippen MR) is 64.0 cm³/mol. The van der Waals surface area contributed by atoms with Gasteiger partial charge < -0.3 is 0 Å². The van der Waals surface area contributed by atoms with Crippen molar-refractivity contribution in [2.24, 2.45) is 5.92 Å². The van der Waals surface area contributed by atoms with Crippen LogP contribution in [0.1, 0.15) is 48.9 Å². The van der Waals surface area contributed by atoms with Crippen molar-refractivity contribution in [2.45, 2.75) is 52.4 Å². The van der Waals surface area contributed by atoms with Gasteiger partial charge in [0.1, 0.15) is 0 Å². The second-order valence-electron chi connectivity index (χ2n) is 4.95. The van der Waals surface area contributed by atoms with Gasteiger partial charge in [-0.25, -0.2) is 0 Å². The molecule has 0 saturated heterocycles. The van der Waals surface area contributed by atoms with Gasteiger partial charge in [0.25, 0.3) is 0 Å². The van der Waals surface area contributed by atoms with E-state index in [0.717, 1.165) is 5.92 Å². The molecule has 0 atom stereocenters. The number of hydrogen-bond acceptors (Lipinski definition) is 1. The molecule has 1 nitrogen and oxygen atoms in total. The topological polar surface area (TPSA) is 12.9 Å². The minimum atomic E-state index is 0.919. The maximum atomic E-state index is 4.44. The second kappa shape index (κ2) is 4.78. The molecule has 1 saturated carbocycles. The Labute approximate surface area is 92.9 Å². The van der Waals surface area contributed by atoms with Crippen LogP contribution in [-0.4, -0.2) is 4.98 Å². The van der Waals surface area contributed by atoms with E-state index in [1.165, 1.54) is 55.3 Å². The SMILES string of the molecule is Cc1cc(CC2CCCCC2)cnc1C. The Morgan fingerprint density at radius 3 is 2.60 bits per heavy atom. The molecule has 1 heterocycles. The first-order valence-electron chi connectivity index (χ1n) is 6.18. The summed E-state index contributed by atoms with van der Waals surface area (Å²) in [6, 6.07) is 2.32. The van der Waals surface area contributed by atoms with Gasteiger partial charge in [-0.2, -0.15) is 0 Å². The zero-order chi connectivity index (χ0) is 10.7. The summed E-state index contributed by atoms with van der Waals surface area (Å²) < 4.78 is 0. The highest BCUT2D eigenvalue weighted by Crippen LogP contribution is 2.26. The molecule has 0 aromatic carbocycles. The Morgan fingerprint density at radius 1 is 1.20 bits per heavy atom. The number of aromatic nitrogens is 1. The molecule has 1 fully saturated rings. The summed E-state index contributed by atoms with van der Waals surface area (Å²) in [7, 11) is 0. The van der Waals surface area contributed by atoms with E-state index in [-0.39, 0.29) is 0 Å². The molecular formula is C14H21N. The van der Waals surface area contributed by atoms with Crippen molar-refractivity contribution >= 4 is 0 Å². The van der Waals surface area contributed by atoms with Gasteiger partial charge in [0.05, 0.1) is 0 Å². The van der Waals surface area contributed by atoms with E-state index < -0.39 is 0 Å². The molecule has 1 aliphatic rings. The minimum absolute atomic E-state index is 0.919. The minimum Gasteiger partial charge on any atom is -0.261 e. The van der Waals surface area contributed by atoms with Gasteiger partial charge in [0.15, 0.2) is 0 Å². The van der Waals surface area contributed by atoms with Crippen LogP contribution < -0.4 is 0 Å². The predicted octanol–water partition coefficient (Wildman–Crippen LogP) is 3.82. The Morgan fingerprint density at radius 2 is 1.93 bits per heavy atom. The van der Waals surface area contributed by atoms with E-state index in [0.29, 0.717) is 0 Å². The van der Waals surface area contributed by atoms with E-state index in [1.54, 1.807) is 0 Å². The van der Waals surface area contributed by atoms with Crippen LogP contribution in [0.5, 0.6) is 0 Å². The standard InChI is InChI=1S/C14H21N/c1-11-8-14(10-15-12(11)2)9-13-6-4-3-5-7-13/h8,10,13H,3-7,9H2,1-2H3. The highest BCUT2D eigenvalue weighted by Gasteiger charge is 2.14. The fourth-order valence-corrected chi connectivity index (χ4v) is 2.54. The summed E-state index contributed by atoms with van der Waals surface area (Å²) in [6.45, 7) is 4.24. The van der Waals surface area contributed by atoms with E-state index in [9.17, 15) is 0 Å². The van der Waals surface area contributed by atoms with Gasteiger partial charge in [-0.3, -0.25) is 4.98 Å². The molecule has 1 aromatic heterocycles. The summed E-state index contributed by atoms with van der Waals surface area (Å²) in [4.78, 5) is 4.44. The first kappa shape index (κ1) is 10.7. The lowest BCUT2D eigenvalue weighted by molar-refractivity contribution is 0.356. The summed E-state index contributed by atoms with van der Waals surface area (Å²) in [5.41, 5.74) is 3.94. The number of rotatable bonds is 2. The second-order valence-corrected chi connectivity index (χ2v) is 4.95. The molecule has 2 rings (SSSR count). The van der Waals surface area contributed by atoms with Gasteiger partial charge in [0, 0.05) is 11.9 Å². The molecular weight excluding hydrogens is 182 g/mol. The maximum Gasteiger partial charge on any atom is 0.0401 e. The van der Waals surface area contributed by atoms with Crippen LogP contribution in [0.25, 0.3) is 0 Å². The summed E-state index contributed by atoms with van der Waals surface area (Å²) in [6.07, 6.45) is 10.5. The lowest BCUT2D eigenvalue weighted by Gasteiger charge is -2.21. The molecule has 82 valence electrons. The van der Waals surface area contributed by atoms with Crippen LogP contribution in [0.4, 0.5) is 0 Å². The van der Waals surface area contributed by atoms with E-state index in [4.69, 9.17) is 0 Å². The number of pyridine rings is 1. The lowest BCUT2D eigenvalue weighted by Crippen LogP contribution is -2.09. The summed E-state index contributed by atoms with van der Waals surface area (Å²) >= 11 is 0. The van der Waals surface area contributed by atoms with Crippen LogP contribution in [-0.2, 0) is 6.42 Å². The number of aryl methyl sites for hydroxylation is 2. The van der Waals surface area contributed by atoms with Crippen LogP contribution in [0.3, 0.4) is 0 Å². The molecule has 0 N–H and O–H groups in total. The maximum absolute atomic E-state index is 4.44. The largest absolute Gasteiger partial charge is 0.261 e. The number of nitrogens with zero attached hydrogens (tertiary/aromatic N) is 1. The van der Waals surface area contributed by atoms with Gasteiger partial charge in [-0.15, -0.1) is 0 Å². The monoisotopic (exact) mass is 203 g/mol. The van der Waals surface area contributed by atoms with Crippen LogP contribution in [0.2, 0.25) is 0 Å². The molecule has 0 unspecified atom stereocenters. The molecule has 1 aliphatic carbocycles. The normalized spacial score (nSPS) is 18.0. The molecule has 0 aliphatic heterocycles. The van der Waals surface area contributed by atoms with E-state index in [2.05, 4.69) is 31.1 Å². The van der Waals surface area contributed by atoms with Gasteiger partial charge in [-0.1, -0.05) is 38.2 Å². The first-order chi connectivity index (χ1) is 7.25. The van der Waals surface area contributed by atoms with Gasteiger partial charge in [-0.05, 0) is 37.3 Å². The molecule has 15 heavy (non-hydrogen) atoms. The van der Waals surface area contributed by atoms with Crippen molar-refractivity contribution in [2.75, 3.05) is 0 Å². The molecule has 0 bridgehead atoms. The molecule has 1 heteroatoms. The van der Waals surface area contributed by atoms with Crippen LogP contribution >= 0.6 is 0 Å². The van der Waals surface area contributed by atoms with E-state index >= 15 is 0 Å². The van der Waals surface area contributed by atoms with Gasteiger partial charge >= 0.3 is 0 Å². The van der Waals surface area contributed by atoms with Gasteiger partial charge in [0.2, 0.25) is 0 Å². The van der Waals surface area contributed by atoms with Crippen molar-refractivity contribution in [3.63, 3.8) is 0 Å². The van der Waals surface area contributed by atoms with E-state index in [1.807, 2.05) is 0 Å². The zero-order valence-corrected chi connectivity index (χ0v) is 9.92. The molecule has 1 aromatic rings. The average Bonchev–Trinajstić information content (AvgIpc) is 2.25. The first-order valence-corrected chi connectivity index (χ1v) is 6.18. The van der Waals surface area contributed by atoms with Crippen LogP contribution in [0, 0.1) is 19.8 Å². The summed E-state index contributed by atoms with van der Waals surface area (Å²) in [5, 5.41) is 0. The zero-order valence-electron chi connectivity index (χ0n) is 9.92. The summed E-state index contributed by atoms with van der Waals surface area (Å²) in [5.74, 6) is 0.919. The highest BCUT2D eigenvalue weighted by atomic mass is 14.7. The molecule has 0 amide bonds. The third kappa shape index (κ3) is 2.80. The van der Waals surface area contributed by atoms with Crippen molar-refractivity contribution in [3.05, 3.63) is 29.1 Å². The molecule has 0 radical (unpaired) electrons. The average molecular weight is 203 g/mol. The highest BCUT2D eigenvalue weighted by molar-refractivity contribution is 5.23. The van der Waals surface area contributed by atoms with Crippen LogP contribution in [0.15, 0.2) is 12.3 Å². The van der Waals surface area contributed by atoms with Crippen molar-refractivity contribution in [1.82, 2.24) is 4.98 Å². The number of hydrogen-bond donors (Lipinski definition) is 0. The fourth-order valence-electron chi connectivity index (χ4n) is 2.54. The Hall–Kier alpha value is -0.850. The quantitative estimate of drug-likeness (QED) is 0.712.